The van der Waals surface area contributed by atoms with E-state index in [1.807, 2.05) is 38.6 Å². The SMILES string of the molecule is CNC(CCc1ccc(OC)cc1)c1nccn1C. The lowest BCUT2D eigenvalue weighted by molar-refractivity contribution is 0.414. The lowest BCUT2D eigenvalue weighted by Gasteiger charge is -2.16. The predicted octanol–water partition coefficient (Wildman–Crippen LogP) is 2.32. The minimum absolute atomic E-state index is 0.280. The topological polar surface area (TPSA) is 39.1 Å². The van der Waals surface area contributed by atoms with Crippen molar-refractivity contribution in [1.29, 1.82) is 0 Å². The van der Waals surface area contributed by atoms with E-state index in [0.29, 0.717) is 0 Å². The van der Waals surface area contributed by atoms with Crippen LogP contribution in [0.25, 0.3) is 0 Å². The summed E-state index contributed by atoms with van der Waals surface area (Å²) >= 11 is 0. The van der Waals surface area contributed by atoms with E-state index in [-0.39, 0.29) is 6.04 Å². The first kappa shape index (κ1) is 13.6. The van der Waals surface area contributed by atoms with E-state index in [0.717, 1.165) is 24.4 Å². The van der Waals surface area contributed by atoms with Gasteiger partial charge in [0.25, 0.3) is 0 Å². The molecule has 19 heavy (non-hydrogen) atoms. The van der Waals surface area contributed by atoms with Gasteiger partial charge in [-0.25, -0.2) is 4.98 Å². The van der Waals surface area contributed by atoms with Gasteiger partial charge in [-0.1, -0.05) is 12.1 Å². The summed E-state index contributed by atoms with van der Waals surface area (Å²) in [5.41, 5.74) is 1.32. The fourth-order valence-corrected chi connectivity index (χ4v) is 2.22. The fraction of sp³-hybridized carbons (Fsp3) is 0.400. The monoisotopic (exact) mass is 259 g/mol. The summed E-state index contributed by atoms with van der Waals surface area (Å²) in [5, 5.41) is 3.33. The number of nitrogens with zero attached hydrogens (tertiary/aromatic N) is 2. The van der Waals surface area contributed by atoms with Crippen molar-refractivity contribution in [3.05, 3.63) is 48.0 Å². The first-order valence-corrected chi connectivity index (χ1v) is 6.52. The first-order valence-electron chi connectivity index (χ1n) is 6.52. The lowest BCUT2D eigenvalue weighted by Crippen LogP contribution is -2.20. The second-order valence-electron chi connectivity index (χ2n) is 4.62. The van der Waals surface area contributed by atoms with Crippen LogP contribution >= 0.6 is 0 Å². The molecule has 1 aromatic carbocycles. The van der Waals surface area contributed by atoms with E-state index in [1.54, 1.807) is 7.11 Å². The van der Waals surface area contributed by atoms with Crippen LogP contribution in [0.4, 0.5) is 0 Å². The Balaban J connectivity index is 1.98. The predicted molar refractivity (Wildman–Crippen MR) is 76.3 cm³/mol. The van der Waals surface area contributed by atoms with Crippen molar-refractivity contribution >= 4 is 0 Å². The van der Waals surface area contributed by atoms with Gasteiger partial charge in [0.15, 0.2) is 0 Å². The lowest BCUT2D eigenvalue weighted by atomic mass is 10.0. The summed E-state index contributed by atoms with van der Waals surface area (Å²) in [7, 11) is 5.69. The molecule has 1 heterocycles. The first-order chi connectivity index (χ1) is 9.24. The highest BCUT2D eigenvalue weighted by Gasteiger charge is 2.13. The third-order valence-corrected chi connectivity index (χ3v) is 3.40. The van der Waals surface area contributed by atoms with Gasteiger partial charge in [-0.3, -0.25) is 0 Å². The zero-order chi connectivity index (χ0) is 13.7. The van der Waals surface area contributed by atoms with Crippen LogP contribution in [0, 0.1) is 0 Å². The van der Waals surface area contributed by atoms with Crippen LogP contribution in [0.3, 0.4) is 0 Å². The quantitative estimate of drug-likeness (QED) is 0.865. The molecule has 2 rings (SSSR count). The molecule has 0 aliphatic rings. The molecule has 0 spiro atoms. The molecular weight excluding hydrogens is 238 g/mol. The largest absolute Gasteiger partial charge is 0.497 e. The third-order valence-electron chi connectivity index (χ3n) is 3.40. The Labute approximate surface area is 114 Å². The molecule has 102 valence electrons. The van der Waals surface area contributed by atoms with Gasteiger partial charge in [0.2, 0.25) is 0 Å². The van der Waals surface area contributed by atoms with E-state index in [1.165, 1.54) is 5.56 Å². The molecule has 0 aliphatic heterocycles. The number of benzene rings is 1. The molecule has 0 saturated carbocycles. The maximum atomic E-state index is 5.16. The van der Waals surface area contributed by atoms with Gasteiger partial charge in [0, 0.05) is 19.4 Å². The maximum absolute atomic E-state index is 5.16. The Hall–Kier alpha value is -1.81. The summed E-state index contributed by atoms with van der Waals surface area (Å²) in [4.78, 5) is 4.41. The van der Waals surface area contributed by atoms with Crippen LogP contribution < -0.4 is 10.1 Å². The van der Waals surface area contributed by atoms with E-state index < -0.39 is 0 Å². The Kier molecular flexibility index (Phi) is 4.58. The summed E-state index contributed by atoms with van der Waals surface area (Å²) in [6, 6.07) is 8.52. The smallest absolute Gasteiger partial charge is 0.125 e. The van der Waals surface area contributed by atoms with Crippen molar-refractivity contribution in [3.8, 4) is 5.75 Å². The molecule has 4 heteroatoms. The second kappa shape index (κ2) is 6.38. The van der Waals surface area contributed by atoms with Crippen molar-refractivity contribution < 1.29 is 4.74 Å². The van der Waals surface area contributed by atoms with E-state index >= 15 is 0 Å². The Morgan fingerprint density at radius 2 is 2.05 bits per heavy atom. The molecule has 1 aromatic heterocycles. The van der Waals surface area contributed by atoms with Gasteiger partial charge in [0.05, 0.1) is 13.2 Å². The molecule has 1 atom stereocenters. The normalized spacial score (nSPS) is 12.4. The van der Waals surface area contributed by atoms with Crippen LogP contribution in [0.2, 0.25) is 0 Å². The van der Waals surface area contributed by atoms with Crippen LogP contribution in [0.1, 0.15) is 23.9 Å². The van der Waals surface area contributed by atoms with Gasteiger partial charge in [-0.15, -0.1) is 0 Å². The molecule has 1 N–H and O–H groups in total. The number of hydrogen-bond acceptors (Lipinski definition) is 3. The van der Waals surface area contributed by atoms with Crippen molar-refractivity contribution in [2.45, 2.75) is 18.9 Å². The van der Waals surface area contributed by atoms with E-state index in [9.17, 15) is 0 Å². The number of aromatic nitrogens is 2. The van der Waals surface area contributed by atoms with E-state index in [4.69, 9.17) is 4.74 Å². The summed E-state index contributed by atoms with van der Waals surface area (Å²) in [6.45, 7) is 0. The summed E-state index contributed by atoms with van der Waals surface area (Å²) in [5.74, 6) is 1.98. The minimum Gasteiger partial charge on any atom is -0.497 e. The number of rotatable bonds is 6. The second-order valence-corrected chi connectivity index (χ2v) is 4.62. The highest BCUT2D eigenvalue weighted by molar-refractivity contribution is 5.27. The standard InChI is InChI=1S/C15H21N3O/c1-16-14(15-17-10-11-18(15)2)9-6-12-4-7-13(19-3)8-5-12/h4-5,7-8,10-11,14,16H,6,9H2,1-3H3. The molecule has 0 radical (unpaired) electrons. The van der Waals surface area contributed by atoms with Crippen molar-refractivity contribution in [3.63, 3.8) is 0 Å². The van der Waals surface area contributed by atoms with Gasteiger partial charge in [0.1, 0.15) is 11.6 Å². The van der Waals surface area contributed by atoms with Crippen LogP contribution in [0.15, 0.2) is 36.7 Å². The number of ether oxygens (including phenoxy) is 1. The molecule has 2 aromatic rings. The number of imidazole rings is 1. The molecule has 0 aliphatic carbocycles. The maximum Gasteiger partial charge on any atom is 0.125 e. The molecule has 1 unspecified atom stereocenters. The van der Waals surface area contributed by atoms with Gasteiger partial charge < -0.3 is 14.6 Å². The molecule has 0 amide bonds. The molecule has 4 nitrogen and oxygen atoms in total. The van der Waals surface area contributed by atoms with Crippen molar-refractivity contribution in [1.82, 2.24) is 14.9 Å². The van der Waals surface area contributed by atoms with Crippen molar-refractivity contribution in [2.24, 2.45) is 7.05 Å². The Morgan fingerprint density at radius 3 is 2.58 bits per heavy atom. The number of nitrogens with one attached hydrogen (secondary N) is 1. The fourth-order valence-electron chi connectivity index (χ4n) is 2.22. The van der Waals surface area contributed by atoms with Gasteiger partial charge in [-0.05, 0) is 37.6 Å². The van der Waals surface area contributed by atoms with Crippen LogP contribution in [-0.4, -0.2) is 23.7 Å². The number of methoxy groups -OCH3 is 1. The zero-order valence-corrected chi connectivity index (χ0v) is 11.8. The Morgan fingerprint density at radius 1 is 1.32 bits per heavy atom. The summed E-state index contributed by atoms with van der Waals surface area (Å²) in [6.07, 6.45) is 5.86. The summed E-state index contributed by atoms with van der Waals surface area (Å²) < 4.78 is 7.23. The van der Waals surface area contributed by atoms with Crippen LogP contribution in [0.5, 0.6) is 5.75 Å². The average Bonchev–Trinajstić information content (AvgIpc) is 2.87. The third kappa shape index (κ3) is 3.35. The van der Waals surface area contributed by atoms with Crippen LogP contribution in [-0.2, 0) is 13.5 Å². The van der Waals surface area contributed by atoms with Gasteiger partial charge in [-0.2, -0.15) is 0 Å². The number of aryl methyl sites for hydroxylation is 2. The Bertz CT molecular complexity index is 504. The zero-order valence-electron chi connectivity index (χ0n) is 11.8. The minimum atomic E-state index is 0.280. The molecular formula is C15H21N3O. The van der Waals surface area contributed by atoms with E-state index in [2.05, 4.69) is 27.0 Å². The number of hydrogen-bond donors (Lipinski definition) is 1. The average molecular weight is 259 g/mol. The van der Waals surface area contributed by atoms with Gasteiger partial charge >= 0.3 is 0 Å². The van der Waals surface area contributed by atoms with Crippen molar-refractivity contribution in [2.75, 3.05) is 14.2 Å². The highest BCUT2D eigenvalue weighted by atomic mass is 16.5. The molecule has 0 bridgehead atoms. The highest BCUT2D eigenvalue weighted by Crippen LogP contribution is 2.18. The molecule has 0 fully saturated rings. The molecule has 0 saturated heterocycles.